The van der Waals surface area contributed by atoms with Gasteiger partial charge < -0.3 is 14.3 Å². The van der Waals surface area contributed by atoms with Gasteiger partial charge in [-0.05, 0) is 60.7 Å². The first-order valence-corrected chi connectivity index (χ1v) is 6.82. The Morgan fingerprint density at radius 1 is 0.913 bits per heavy atom. The Bertz CT molecular complexity index is 829. The Morgan fingerprint density at radius 3 is 2.04 bits per heavy atom. The molecule has 0 atom stereocenters. The second-order valence-corrected chi connectivity index (χ2v) is 4.78. The van der Waals surface area contributed by atoms with Gasteiger partial charge in [0, 0.05) is 5.56 Å². The molecule has 0 amide bonds. The lowest BCUT2D eigenvalue weighted by Gasteiger charge is -2.06. The average molecular weight is 308 g/mol. The topological polar surface area (TPSA) is 76.7 Å². The normalized spacial score (nSPS) is 10.3. The molecular formula is C18H12O5. The smallest absolute Gasteiger partial charge is 0.335 e. The van der Waals surface area contributed by atoms with E-state index in [-0.39, 0.29) is 11.3 Å². The monoisotopic (exact) mass is 308 g/mol. The number of rotatable bonds is 5. The van der Waals surface area contributed by atoms with Crippen LogP contribution in [-0.2, 0) is 0 Å². The van der Waals surface area contributed by atoms with E-state index in [1.54, 1.807) is 36.4 Å². The van der Waals surface area contributed by atoms with E-state index in [1.165, 1.54) is 12.1 Å². The summed E-state index contributed by atoms with van der Waals surface area (Å²) in [5.41, 5.74) is 1.03. The molecule has 1 heterocycles. The molecule has 23 heavy (non-hydrogen) atoms. The zero-order valence-corrected chi connectivity index (χ0v) is 11.9. The van der Waals surface area contributed by atoms with Crippen LogP contribution in [0.4, 0.5) is 0 Å². The average Bonchev–Trinajstić information content (AvgIpc) is 3.05. The van der Waals surface area contributed by atoms with Crippen LogP contribution in [0, 0.1) is 0 Å². The van der Waals surface area contributed by atoms with Crippen molar-refractivity contribution in [3.05, 3.63) is 72.0 Å². The fourth-order valence-electron chi connectivity index (χ4n) is 2.06. The van der Waals surface area contributed by atoms with Crippen LogP contribution in [0.15, 0.2) is 65.1 Å². The van der Waals surface area contributed by atoms with Crippen LogP contribution in [0.5, 0.6) is 11.5 Å². The molecule has 1 N–H and O–H groups in total. The maximum atomic E-state index is 10.8. The van der Waals surface area contributed by atoms with Gasteiger partial charge in [-0.2, -0.15) is 0 Å². The zero-order chi connectivity index (χ0) is 16.2. The molecule has 0 fully saturated rings. The van der Waals surface area contributed by atoms with Gasteiger partial charge in [0.2, 0.25) is 0 Å². The predicted octanol–water partition coefficient (Wildman–Crippen LogP) is 4.25. The number of aromatic carboxylic acids is 1. The molecule has 2 aromatic carbocycles. The molecule has 0 saturated carbocycles. The van der Waals surface area contributed by atoms with Crippen LogP contribution >= 0.6 is 0 Å². The zero-order valence-electron chi connectivity index (χ0n) is 11.9. The number of furan rings is 1. The molecule has 0 radical (unpaired) electrons. The van der Waals surface area contributed by atoms with Crippen LogP contribution in [0.2, 0.25) is 0 Å². The van der Waals surface area contributed by atoms with E-state index in [0.717, 1.165) is 5.56 Å². The Morgan fingerprint density at radius 2 is 1.52 bits per heavy atom. The van der Waals surface area contributed by atoms with Crippen molar-refractivity contribution in [3.8, 4) is 22.8 Å². The predicted molar refractivity (Wildman–Crippen MR) is 83.0 cm³/mol. The first kappa shape index (κ1) is 14.6. The molecule has 0 bridgehead atoms. The molecule has 3 rings (SSSR count). The summed E-state index contributed by atoms with van der Waals surface area (Å²) in [6, 6.07) is 16.7. The maximum absolute atomic E-state index is 10.8. The van der Waals surface area contributed by atoms with Crippen molar-refractivity contribution in [2.75, 3.05) is 0 Å². The highest BCUT2D eigenvalue weighted by atomic mass is 16.5. The maximum Gasteiger partial charge on any atom is 0.335 e. The van der Waals surface area contributed by atoms with Crippen molar-refractivity contribution in [2.24, 2.45) is 0 Å². The van der Waals surface area contributed by atoms with Gasteiger partial charge in [0.25, 0.3) is 0 Å². The number of aldehydes is 1. The number of carbonyl (C=O) groups is 2. The second kappa shape index (κ2) is 6.19. The van der Waals surface area contributed by atoms with Gasteiger partial charge in [-0.3, -0.25) is 4.79 Å². The summed E-state index contributed by atoms with van der Waals surface area (Å²) in [6.07, 6.45) is 0.655. The molecule has 0 unspecified atom stereocenters. The van der Waals surface area contributed by atoms with Gasteiger partial charge >= 0.3 is 5.97 Å². The van der Waals surface area contributed by atoms with E-state index in [0.29, 0.717) is 23.5 Å². The van der Waals surface area contributed by atoms with E-state index in [1.807, 2.05) is 12.1 Å². The Hall–Kier alpha value is -3.34. The van der Waals surface area contributed by atoms with Crippen molar-refractivity contribution in [1.82, 2.24) is 0 Å². The lowest BCUT2D eigenvalue weighted by atomic mass is 10.1. The fraction of sp³-hybridized carbons (Fsp3) is 0. The van der Waals surface area contributed by atoms with E-state index in [4.69, 9.17) is 14.3 Å². The molecule has 3 aromatic rings. The minimum atomic E-state index is -0.978. The highest BCUT2D eigenvalue weighted by molar-refractivity contribution is 5.87. The molecular weight excluding hydrogens is 296 g/mol. The van der Waals surface area contributed by atoms with E-state index < -0.39 is 5.97 Å². The molecule has 0 spiro atoms. The molecule has 5 nitrogen and oxygen atoms in total. The quantitative estimate of drug-likeness (QED) is 0.713. The van der Waals surface area contributed by atoms with E-state index in [2.05, 4.69) is 0 Å². The van der Waals surface area contributed by atoms with Crippen molar-refractivity contribution in [3.63, 3.8) is 0 Å². The van der Waals surface area contributed by atoms with Gasteiger partial charge in [0.05, 0.1) is 5.56 Å². The summed E-state index contributed by atoms with van der Waals surface area (Å²) in [4.78, 5) is 21.4. The first-order chi connectivity index (χ1) is 11.2. The molecule has 114 valence electrons. The number of ether oxygens (including phenoxy) is 1. The number of hydrogen-bond donors (Lipinski definition) is 1. The summed E-state index contributed by atoms with van der Waals surface area (Å²) in [7, 11) is 0. The van der Waals surface area contributed by atoms with Crippen LogP contribution in [0.25, 0.3) is 11.3 Å². The molecule has 0 aliphatic carbocycles. The third-order valence-corrected chi connectivity index (χ3v) is 3.22. The summed E-state index contributed by atoms with van der Waals surface area (Å²) in [5, 5.41) is 8.85. The van der Waals surface area contributed by atoms with E-state index >= 15 is 0 Å². The third-order valence-electron chi connectivity index (χ3n) is 3.22. The van der Waals surface area contributed by atoms with Crippen molar-refractivity contribution in [1.29, 1.82) is 0 Å². The summed E-state index contributed by atoms with van der Waals surface area (Å²) in [5.74, 6) is 1.06. The van der Waals surface area contributed by atoms with Crippen LogP contribution < -0.4 is 4.74 Å². The second-order valence-electron chi connectivity index (χ2n) is 4.78. The first-order valence-electron chi connectivity index (χ1n) is 6.82. The highest BCUT2D eigenvalue weighted by Crippen LogP contribution is 2.27. The van der Waals surface area contributed by atoms with Gasteiger partial charge in [0.15, 0.2) is 12.0 Å². The molecule has 0 aliphatic rings. The Labute approximate surface area is 131 Å². The highest BCUT2D eigenvalue weighted by Gasteiger charge is 2.06. The minimum absolute atomic E-state index is 0.205. The Balaban J connectivity index is 1.74. The third kappa shape index (κ3) is 3.29. The SMILES string of the molecule is O=Cc1ccc(-c2ccc(Oc3ccc(C(=O)O)cc3)cc2)o1. The van der Waals surface area contributed by atoms with Crippen LogP contribution in [0.3, 0.4) is 0 Å². The lowest BCUT2D eigenvalue weighted by Crippen LogP contribution is -1.95. The standard InChI is InChI=1S/C18H12O5/c19-11-16-9-10-17(23-16)12-1-5-14(6-2-12)22-15-7-3-13(4-8-15)18(20)21/h1-11H,(H,20,21). The Kier molecular flexibility index (Phi) is 3.93. The number of carboxylic acid groups (broad SMARTS) is 1. The van der Waals surface area contributed by atoms with Gasteiger partial charge in [-0.25, -0.2) is 4.79 Å². The van der Waals surface area contributed by atoms with Crippen LogP contribution in [0.1, 0.15) is 20.9 Å². The molecule has 1 aromatic heterocycles. The number of carbonyl (C=O) groups excluding carboxylic acids is 1. The summed E-state index contributed by atoms with van der Waals surface area (Å²) < 4.78 is 11.0. The number of hydrogen-bond acceptors (Lipinski definition) is 4. The molecule has 5 heteroatoms. The minimum Gasteiger partial charge on any atom is -0.478 e. The van der Waals surface area contributed by atoms with Crippen molar-refractivity contribution < 1.29 is 23.8 Å². The number of carboxylic acids is 1. The summed E-state index contributed by atoms with van der Waals surface area (Å²) in [6.45, 7) is 0. The van der Waals surface area contributed by atoms with Crippen molar-refractivity contribution >= 4 is 12.3 Å². The number of benzene rings is 2. The van der Waals surface area contributed by atoms with Crippen molar-refractivity contribution in [2.45, 2.75) is 0 Å². The fourth-order valence-corrected chi connectivity index (χ4v) is 2.06. The summed E-state index contributed by atoms with van der Waals surface area (Å²) >= 11 is 0. The van der Waals surface area contributed by atoms with Gasteiger partial charge in [-0.1, -0.05) is 0 Å². The van der Waals surface area contributed by atoms with E-state index in [9.17, 15) is 9.59 Å². The largest absolute Gasteiger partial charge is 0.478 e. The van der Waals surface area contributed by atoms with Gasteiger partial charge in [0.1, 0.15) is 17.3 Å². The molecule has 0 saturated heterocycles. The molecule has 0 aliphatic heterocycles. The lowest BCUT2D eigenvalue weighted by molar-refractivity contribution is 0.0696. The van der Waals surface area contributed by atoms with Crippen LogP contribution in [-0.4, -0.2) is 17.4 Å². The van der Waals surface area contributed by atoms with Gasteiger partial charge in [-0.15, -0.1) is 0 Å².